The van der Waals surface area contributed by atoms with Gasteiger partial charge in [0.2, 0.25) is 0 Å². The van der Waals surface area contributed by atoms with Gasteiger partial charge in [-0.05, 0) is 77.2 Å². The standard InChI is InChI=1S/C18H30N2S.2CH2O2/c1-5-17-6-7-18(21-17)12-20(4)16-10-13-8-15(19(2)3)9-14(13)11-16;2*2-1-3/h6-7,13-16H,5,8-12H2,1-4H3;2*1H,(H,2,3)/t13-,14+,15?,16?;;. The minimum absolute atomic E-state index is 0.250. The zero-order valence-electron chi connectivity index (χ0n) is 16.9. The summed E-state index contributed by atoms with van der Waals surface area (Å²) in [7, 11) is 6.83. The number of rotatable bonds is 5. The number of thiophene rings is 1. The normalized spacial score (nSPS) is 26.0. The van der Waals surface area contributed by atoms with Gasteiger partial charge in [-0.1, -0.05) is 6.92 Å². The Balaban J connectivity index is 0.000000540. The first-order chi connectivity index (χ1) is 12.9. The van der Waals surface area contributed by atoms with E-state index in [2.05, 4.69) is 50.0 Å². The zero-order valence-corrected chi connectivity index (χ0v) is 17.7. The second-order valence-electron chi connectivity index (χ2n) is 7.58. The third-order valence-corrected chi connectivity index (χ3v) is 7.00. The number of carboxylic acid groups (broad SMARTS) is 2. The Kier molecular flexibility index (Phi) is 10.6. The molecular weight excluding hydrogens is 364 g/mol. The highest BCUT2D eigenvalue weighted by Crippen LogP contribution is 2.46. The largest absolute Gasteiger partial charge is 0.483 e. The van der Waals surface area contributed by atoms with Crippen LogP contribution in [0.4, 0.5) is 0 Å². The average Bonchev–Trinajstić information content (AvgIpc) is 3.30. The summed E-state index contributed by atoms with van der Waals surface area (Å²) in [5.41, 5.74) is 0. The second kappa shape index (κ2) is 12.1. The van der Waals surface area contributed by atoms with E-state index in [1.54, 1.807) is 0 Å². The molecule has 0 amide bonds. The first-order valence-electron chi connectivity index (χ1n) is 9.49. The molecule has 2 saturated carbocycles. The third kappa shape index (κ3) is 7.24. The number of fused-ring (bicyclic) bond motifs is 1. The van der Waals surface area contributed by atoms with Crippen molar-refractivity contribution in [3.8, 4) is 0 Å². The molecule has 27 heavy (non-hydrogen) atoms. The lowest BCUT2D eigenvalue weighted by Gasteiger charge is -2.26. The van der Waals surface area contributed by atoms with Crippen LogP contribution in [0.15, 0.2) is 12.1 Å². The fourth-order valence-electron chi connectivity index (χ4n) is 4.41. The van der Waals surface area contributed by atoms with Gasteiger partial charge in [0.15, 0.2) is 0 Å². The molecule has 1 heterocycles. The molecule has 6 nitrogen and oxygen atoms in total. The van der Waals surface area contributed by atoms with Crippen molar-refractivity contribution in [1.29, 1.82) is 0 Å². The van der Waals surface area contributed by atoms with Crippen LogP contribution in [-0.2, 0) is 22.6 Å². The number of nitrogens with zero attached hydrogens (tertiary/aromatic N) is 2. The highest BCUT2D eigenvalue weighted by Gasteiger charge is 2.43. The molecule has 3 rings (SSSR count). The summed E-state index contributed by atoms with van der Waals surface area (Å²) in [6.07, 6.45) is 6.89. The SMILES string of the molecule is CCc1ccc(CN(C)C2C[C@H]3CC(N(C)C)C[C@H]3C2)s1.O=CO.O=CO. The molecule has 0 spiro atoms. The molecule has 0 aliphatic heterocycles. The molecular formula is C20H34N2O4S. The van der Waals surface area contributed by atoms with Crippen molar-refractivity contribution in [3.63, 3.8) is 0 Å². The number of hydrogen-bond donors (Lipinski definition) is 2. The van der Waals surface area contributed by atoms with Crippen molar-refractivity contribution in [2.24, 2.45) is 11.8 Å². The van der Waals surface area contributed by atoms with Gasteiger partial charge in [-0.3, -0.25) is 14.5 Å². The van der Waals surface area contributed by atoms with Gasteiger partial charge in [-0.15, -0.1) is 11.3 Å². The molecule has 2 aliphatic carbocycles. The van der Waals surface area contributed by atoms with E-state index in [0.29, 0.717) is 0 Å². The predicted molar refractivity (Wildman–Crippen MR) is 109 cm³/mol. The van der Waals surface area contributed by atoms with Crippen molar-refractivity contribution in [2.75, 3.05) is 21.1 Å². The Morgan fingerprint density at radius 1 is 0.963 bits per heavy atom. The fourth-order valence-corrected chi connectivity index (χ4v) is 5.43. The molecule has 2 aliphatic rings. The minimum Gasteiger partial charge on any atom is -0.483 e. The Morgan fingerprint density at radius 2 is 1.41 bits per heavy atom. The molecule has 0 aromatic carbocycles. The van der Waals surface area contributed by atoms with Crippen LogP contribution in [0, 0.1) is 11.8 Å². The van der Waals surface area contributed by atoms with Crippen LogP contribution in [0.5, 0.6) is 0 Å². The minimum atomic E-state index is -0.250. The highest BCUT2D eigenvalue weighted by atomic mass is 32.1. The Hall–Kier alpha value is -1.44. The first-order valence-corrected chi connectivity index (χ1v) is 10.3. The van der Waals surface area contributed by atoms with Crippen LogP contribution in [-0.4, -0.2) is 66.2 Å². The first kappa shape index (κ1) is 23.6. The van der Waals surface area contributed by atoms with E-state index in [-0.39, 0.29) is 12.9 Å². The monoisotopic (exact) mass is 398 g/mol. The van der Waals surface area contributed by atoms with Crippen molar-refractivity contribution >= 4 is 24.3 Å². The molecule has 1 aromatic rings. The van der Waals surface area contributed by atoms with Gasteiger partial charge in [0, 0.05) is 28.4 Å². The molecule has 154 valence electrons. The van der Waals surface area contributed by atoms with Gasteiger partial charge in [0.1, 0.15) is 0 Å². The molecule has 7 heteroatoms. The van der Waals surface area contributed by atoms with Gasteiger partial charge in [-0.25, -0.2) is 0 Å². The number of aryl methyl sites for hydroxylation is 1. The third-order valence-electron chi connectivity index (χ3n) is 5.79. The van der Waals surface area contributed by atoms with E-state index < -0.39 is 0 Å². The van der Waals surface area contributed by atoms with Gasteiger partial charge >= 0.3 is 0 Å². The van der Waals surface area contributed by atoms with Crippen molar-refractivity contribution in [3.05, 3.63) is 21.9 Å². The maximum absolute atomic E-state index is 8.36. The topological polar surface area (TPSA) is 81.1 Å². The molecule has 1 aromatic heterocycles. The van der Waals surface area contributed by atoms with Crippen LogP contribution >= 0.6 is 11.3 Å². The van der Waals surface area contributed by atoms with Crippen molar-refractivity contribution in [2.45, 2.75) is 57.7 Å². The van der Waals surface area contributed by atoms with E-state index >= 15 is 0 Å². The summed E-state index contributed by atoms with van der Waals surface area (Å²) in [5.74, 6) is 1.97. The van der Waals surface area contributed by atoms with Crippen molar-refractivity contribution in [1.82, 2.24) is 9.80 Å². The van der Waals surface area contributed by atoms with E-state index in [1.165, 1.54) is 41.9 Å². The quantitative estimate of drug-likeness (QED) is 0.741. The second-order valence-corrected chi connectivity index (χ2v) is 8.83. The van der Waals surface area contributed by atoms with Gasteiger partial charge in [-0.2, -0.15) is 0 Å². The maximum atomic E-state index is 8.36. The predicted octanol–water partition coefficient (Wildman–Crippen LogP) is 3.26. The van der Waals surface area contributed by atoms with Crippen LogP contribution < -0.4 is 0 Å². The molecule has 0 bridgehead atoms. The summed E-state index contributed by atoms with van der Waals surface area (Å²) in [6, 6.07) is 6.29. The Morgan fingerprint density at radius 3 is 1.81 bits per heavy atom. The maximum Gasteiger partial charge on any atom is 0.290 e. The zero-order chi connectivity index (χ0) is 20.4. The van der Waals surface area contributed by atoms with Crippen LogP contribution in [0.25, 0.3) is 0 Å². The Bertz CT molecular complexity index is 544. The van der Waals surface area contributed by atoms with Gasteiger partial charge in [0.25, 0.3) is 12.9 Å². The Labute approximate surface area is 166 Å². The molecule has 2 fully saturated rings. The highest BCUT2D eigenvalue weighted by molar-refractivity contribution is 7.11. The van der Waals surface area contributed by atoms with Crippen LogP contribution in [0.1, 0.15) is 42.4 Å². The summed E-state index contributed by atoms with van der Waals surface area (Å²) in [5, 5.41) is 13.8. The van der Waals surface area contributed by atoms with Gasteiger partial charge < -0.3 is 15.1 Å². The van der Waals surface area contributed by atoms with Crippen LogP contribution in [0.2, 0.25) is 0 Å². The summed E-state index contributed by atoms with van der Waals surface area (Å²) < 4.78 is 0. The lowest BCUT2D eigenvalue weighted by Crippen LogP contribution is -2.31. The average molecular weight is 399 g/mol. The molecule has 0 radical (unpaired) electrons. The molecule has 4 atom stereocenters. The van der Waals surface area contributed by atoms with E-state index in [9.17, 15) is 0 Å². The molecule has 2 unspecified atom stereocenters. The molecule has 2 N–H and O–H groups in total. The van der Waals surface area contributed by atoms with Crippen LogP contribution in [0.3, 0.4) is 0 Å². The number of carbonyl (C=O) groups is 2. The smallest absolute Gasteiger partial charge is 0.290 e. The van der Waals surface area contributed by atoms with Crippen molar-refractivity contribution < 1.29 is 19.8 Å². The van der Waals surface area contributed by atoms with E-state index in [0.717, 1.165) is 30.5 Å². The molecule has 0 saturated heterocycles. The number of hydrogen-bond acceptors (Lipinski definition) is 5. The summed E-state index contributed by atoms with van der Waals surface area (Å²) in [4.78, 5) is 24.8. The summed E-state index contributed by atoms with van der Waals surface area (Å²) >= 11 is 2.00. The lowest BCUT2D eigenvalue weighted by atomic mass is 10.0. The van der Waals surface area contributed by atoms with Gasteiger partial charge in [0.05, 0.1) is 0 Å². The lowest BCUT2D eigenvalue weighted by molar-refractivity contribution is -0.123. The van der Waals surface area contributed by atoms with E-state index in [1.807, 2.05) is 11.3 Å². The fraction of sp³-hybridized carbons (Fsp3) is 0.700. The summed E-state index contributed by atoms with van der Waals surface area (Å²) in [6.45, 7) is 2.89. The van der Waals surface area contributed by atoms with E-state index in [4.69, 9.17) is 19.8 Å².